The predicted octanol–water partition coefficient (Wildman–Crippen LogP) is 3.25. The van der Waals surface area contributed by atoms with Gasteiger partial charge in [0.25, 0.3) is 11.6 Å². The van der Waals surface area contributed by atoms with E-state index in [1.807, 2.05) is 4.90 Å². The van der Waals surface area contributed by atoms with Crippen molar-refractivity contribution in [1.29, 1.82) is 0 Å². The second-order valence-corrected chi connectivity index (χ2v) is 8.32. The molecule has 1 aromatic carbocycles. The van der Waals surface area contributed by atoms with Crippen molar-refractivity contribution in [2.75, 3.05) is 37.7 Å². The largest absolute Gasteiger partial charge is 0.452 e. The summed E-state index contributed by atoms with van der Waals surface area (Å²) in [5, 5.41) is 11.6. The number of benzene rings is 1. The van der Waals surface area contributed by atoms with E-state index in [1.54, 1.807) is 11.0 Å². The molecule has 2 aliphatic rings. The lowest BCUT2D eigenvalue weighted by Gasteiger charge is -2.32. The van der Waals surface area contributed by atoms with Crippen LogP contribution < -0.4 is 4.90 Å². The van der Waals surface area contributed by atoms with Crippen molar-refractivity contribution in [2.24, 2.45) is 11.8 Å². The molecule has 0 aromatic heterocycles. The fourth-order valence-electron chi connectivity index (χ4n) is 4.19. The molecule has 0 unspecified atom stereocenters. The first-order valence-electron chi connectivity index (χ1n) is 10.3. The van der Waals surface area contributed by atoms with Gasteiger partial charge in [-0.3, -0.25) is 14.9 Å². The second-order valence-electron chi connectivity index (χ2n) is 8.32. The van der Waals surface area contributed by atoms with E-state index in [4.69, 9.17) is 4.74 Å². The Morgan fingerprint density at radius 1 is 1.14 bits per heavy atom. The van der Waals surface area contributed by atoms with Gasteiger partial charge in [0, 0.05) is 32.2 Å². The van der Waals surface area contributed by atoms with Gasteiger partial charge in [-0.15, -0.1) is 0 Å². The molecule has 2 saturated heterocycles. The highest BCUT2D eigenvalue weighted by atomic mass is 16.6. The Balaban J connectivity index is 1.66. The first-order valence-corrected chi connectivity index (χ1v) is 10.3. The highest BCUT2D eigenvalue weighted by molar-refractivity contribution is 5.93. The number of anilines is 1. The number of hydrogen-bond donors (Lipinski definition) is 0. The van der Waals surface area contributed by atoms with Crippen molar-refractivity contribution >= 4 is 23.3 Å². The molecule has 158 valence electrons. The van der Waals surface area contributed by atoms with Gasteiger partial charge in [-0.2, -0.15) is 0 Å². The van der Waals surface area contributed by atoms with Gasteiger partial charge in [-0.25, -0.2) is 4.79 Å². The Morgan fingerprint density at radius 2 is 1.83 bits per heavy atom. The molecule has 0 aliphatic carbocycles. The van der Waals surface area contributed by atoms with Crippen molar-refractivity contribution < 1.29 is 19.2 Å². The van der Waals surface area contributed by atoms with Gasteiger partial charge in [0.15, 0.2) is 6.61 Å². The Morgan fingerprint density at radius 3 is 2.48 bits per heavy atom. The summed E-state index contributed by atoms with van der Waals surface area (Å²) in [6, 6.07) is 4.41. The minimum atomic E-state index is -0.718. The van der Waals surface area contributed by atoms with Crippen molar-refractivity contribution in [2.45, 2.75) is 39.5 Å². The number of nitrogens with zero attached hydrogens (tertiary/aromatic N) is 3. The van der Waals surface area contributed by atoms with Crippen molar-refractivity contribution in [3.63, 3.8) is 0 Å². The van der Waals surface area contributed by atoms with Crippen LogP contribution in [0, 0.1) is 22.0 Å². The van der Waals surface area contributed by atoms with Gasteiger partial charge in [0.05, 0.1) is 10.5 Å². The van der Waals surface area contributed by atoms with Crippen LogP contribution in [0.15, 0.2) is 18.2 Å². The third-order valence-electron chi connectivity index (χ3n) is 5.74. The molecule has 0 bridgehead atoms. The smallest absolute Gasteiger partial charge is 0.338 e. The molecule has 0 spiro atoms. The quantitative estimate of drug-likeness (QED) is 0.426. The number of rotatable bonds is 5. The Labute approximate surface area is 171 Å². The molecule has 1 aromatic rings. The number of nitro benzene ring substituents is 1. The lowest BCUT2D eigenvalue weighted by molar-refractivity contribution is -0.384. The monoisotopic (exact) mass is 403 g/mol. The summed E-state index contributed by atoms with van der Waals surface area (Å²) in [6.45, 7) is 6.74. The highest BCUT2D eigenvalue weighted by Crippen LogP contribution is 2.32. The molecular weight excluding hydrogens is 374 g/mol. The minimum Gasteiger partial charge on any atom is -0.452 e. The van der Waals surface area contributed by atoms with E-state index in [0.29, 0.717) is 30.6 Å². The summed E-state index contributed by atoms with van der Waals surface area (Å²) < 4.78 is 5.15. The van der Waals surface area contributed by atoms with E-state index in [1.165, 1.54) is 12.1 Å². The van der Waals surface area contributed by atoms with Gasteiger partial charge in [-0.1, -0.05) is 13.8 Å². The van der Waals surface area contributed by atoms with Gasteiger partial charge in [-0.05, 0) is 49.7 Å². The molecule has 29 heavy (non-hydrogen) atoms. The van der Waals surface area contributed by atoms with Crippen molar-refractivity contribution in [1.82, 2.24) is 4.90 Å². The zero-order valence-electron chi connectivity index (χ0n) is 17.1. The summed E-state index contributed by atoms with van der Waals surface area (Å²) in [7, 11) is 0. The maximum Gasteiger partial charge on any atom is 0.338 e. The van der Waals surface area contributed by atoms with Crippen LogP contribution in [0.2, 0.25) is 0 Å². The molecule has 0 N–H and O–H groups in total. The van der Waals surface area contributed by atoms with Crippen LogP contribution >= 0.6 is 0 Å². The number of piperidine rings is 2. The Kier molecular flexibility index (Phi) is 6.71. The summed E-state index contributed by atoms with van der Waals surface area (Å²) >= 11 is 0. The molecule has 8 nitrogen and oxygen atoms in total. The molecule has 1 amide bonds. The van der Waals surface area contributed by atoms with Crippen molar-refractivity contribution in [3.05, 3.63) is 33.9 Å². The molecule has 0 radical (unpaired) electrons. The highest BCUT2D eigenvalue weighted by Gasteiger charge is 2.26. The Bertz CT molecular complexity index is 782. The fourth-order valence-corrected chi connectivity index (χ4v) is 4.19. The van der Waals surface area contributed by atoms with Gasteiger partial charge >= 0.3 is 5.97 Å². The van der Waals surface area contributed by atoms with Crippen molar-refractivity contribution in [3.8, 4) is 0 Å². The molecule has 2 aliphatic heterocycles. The van der Waals surface area contributed by atoms with Crippen LogP contribution in [0.5, 0.6) is 0 Å². The first-order chi connectivity index (χ1) is 13.8. The van der Waals surface area contributed by atoms with Crippen LogP contribution in [-0.2, 0) is 9.53 Å². The molecular formula is C21H29N3O5. The summed E-state index contributed by atoms with van der Waals surface area (Å²) in [5.41, 5.74) is 0.506. The third-order valence-corrected chi connectivity index (χ3v) is 5.74. The molecule has 2 fully saturated rings. The number of likely N-dealkylation sites (tertiary alicyclic amines) is 1. The van der Waals surface area contributed by atoms with E-state index >= 15 is 0 Å². The number of esters is 1. The molecule has 3 rings (SSSR count). The van der Waals surface area contributed by atoms with E-state index in [-0.39, 0.29) is 23.8 Å². The van der Waals surface area contributed by atoms with Crippen LogP contribution in [-0.4, -0.2) is 54.5 Å². The number of nitro groups is 1. The maximum absolute atomic E-state index is 12.4. The minimum absolute atomic E-state index is 0.0883. The maximum atomic E-state index is 12.4. The first kappa shape index (κ1) is 21.1. The zero-order chi connectivity index (χ0) is 21.0. The lowest BCUT2D eigenvalue weighted by Crippen LogP contribution is -2.41. The fraction of sp³-hybridized carbons (Fsp3) is 0.619. The Hall–Kier alpha value is -2.64. The second kappa shape index (κ2) is 9.24. The number of hydrogen-bond acceptors (Lipinski definition) is 6. The van der Waals surface area contributed by atoms with Gasteiger partial charge < -0.3 is 14.5 Å². The SMILES string of the molecule is C[C@H]1CCCN(C(=O)COC(=O)c2ccc(N3CCC[C@H](C)C3)c([N+](=O)[O-])c2)C1. The van der Waals surface area contributed by atoms with E-state index < -0.39 is 10.9 Å². The number of amides is 1. The average Bonchev–Trinajstić information content (AvgIpc) is 2.71. The van der Waals surface area contributed by atoms with Crippen LogP contribution in [0.1, 0.15) is 49.9 Å². The molecule has 8 heteroatoms. The third kappa shape index (κ3) is 5.25. The topological polar surface area (TPSA) is 93.0 Å². The van der Waals surface area contributed by atoms with E-state index in [2.05, 4.69) is 13.8 Å². The lowest BCUT2D eigenvalue weighted by atomic mass is 9.99. The average molecular weight is 403 g/mol. The molecule has 0 saturated carbocycles. The standard InChI is InChI=1S/C21H29N3O5/c1-15-5-3-9-22(12-15)18-8-7-17(11-19(18)24(27)28)21(26)29-14-20(25)23-10-4-6-16(2)13-23/h7-8,11,15-16H,3-6,9-10,12-14H2,1-2H3/t15-,16-/m0/s1. The van der Waals surface area contributed by atoms with Gasteiger partial charge in [0.2, 0.25) is 0 Å². The summed E-state index contributed by atoms with van der Waals surface area (Å²) in [5.74, 6) is -0.0315. The number of carbonyl (C=O) groups excluding carboxylic acids is 2. The predicted molar refractivity (Wildman–Crippen MR) is 109 cm³/mol. The summed E-state index contributed by atoms with van der Waals surface area (Å²) in [4.78, 5) is 39.5. The molecule has 2 atom stereocenters. The number of ether oxygens (including phenoxy) is 1. The van der Waals surface area contributed by atoms with E-state index in [0.717, 1.165) is 38.8 Å². The van der Waals surface area contributed by atoms with Gasteiger partial charge in [0.1, 0.15) is 5.69 Å². The normalized spacial score (nSPS) is 22.3. The van der Waals surface area contributed by atoms with E-state index in [9.17, 15) is 19.7 Å². The summed E-state index contributed by atoms with van der Waals surface area (Å²) in [6.07, 6.45) is 4.14. The number of carbonyl (C=O) groups is 2. The van der Waals surface area contributed by atoms with Crippen LogP contribution in [0.3, 0.4) is 0 Å². The van der Waals surface area contributed by atoms with Crippen LogP contribution in [0.4, 0.5) is 11.4 Å². The molecule has 2 heterocycles. The van der Waals surface area contributed by atoms with Crippen LogP contribution in [0.25, 0.3) is 0 Å². The zero-order valence-corrected chi connectivity index (χ0v) is 17.1.